The standard InChI is InChI=1S/C26H22N2O7S/c1-15-5-4-6-17(11-15)28-24(30)19(23(29)27-26(28)36)12-16-7-9-20(22(13-16)32-2)34-14-18-8-10-21(35-18)25(31)33-3/h4-13H,14H2,1-3H3,(H,27,29,36). The molecule has 1 fully saturated rings. The second-order valence-corrected chi connectivity index (χ2v) is 8.14. The number of carbonyl (C=O) groups excluding carboxylic acids is 3. The molecule has 0 saturated carbocycles. The van der Waals surface area contributed by atoms with Crippen molar-refractivity contribution >= 4 is 46.9 Å². The number of anilines is 1. The summed E-state index contributed by atoms with van der Waals surface area (Å²) in [6, 6.07) is 15.3. The molecule has 1 aliphatic rings. The Bertz CT molecular complexity index is 1390. The second kappa shape index (κ2) is 10.4. The van der Waals surface area contributed by atoms with E-state index in [1.165, 1.54) is 31.3 Å². The Morgan fingerprint density at radius 2 is 1.89 bits per heavy atom. The summed E-state index contributed by atoms with van der Waals surface area (Å²) in [5.74, 6) is -0.448. The third-order valence-corrected chi connectivity index (χ3v) is 5.56. The van der Waals surface area contributed by atoms with Crippen LogP contribution >= 0.6 is 12.2 Å². The van der Waals surface area contributed by atoms with E-state index in [0.717, 1.165) is 5.56 Å². The third-order valence-electron chi connectivity index (χ3n) is 5.28. The zero-order chi connectivity index (χ0) is 25.8. The monoisotopic (exact) mass is 506 g/mol. The van der Waals surface area contributed by atoms with E-state index in [0.29, 0.717) is 28.5 Å². The van der Waals surface area contributed by atoms with Gasteiger partial charge in [-0.15, -0.1) is 0 Å². The van der Waals surface area contributed by atoms with Gasteiger partial charge in [0.05, 0.1) is 19.9 Å². The highest BCUT2D eigenvalue weighted by Crippen LogP contribution is 2.31. The minimum Gasteiger partial charge on any atom is -0.493 e. The number of methoxy groups -OCH3 is 2. The molecular weight excluding hydrogens is 484 g/mol. The Labute approximate surface area is 212 Å². The van der Waals surface area contributed by atoms with Crippen LogP contribution < -0.4 is 19.7 Å². The quantitative estimate of drug-likeness (QED) is 0.223. The Hall–Kier alpha value is -4.44. The van der Waals surface area contributed by atoms with Gasteiger partial charge >= 0.3 is 5.97 Å². The Morgan fingerprint density at radius 1 is 1.08 bits per heavy atom. The molecule has 184 valence electrons. The summed E-state index contributed by atoms with van der Waals surface area (Å²) >= 11 is 5.25. The van der Waals surface area contributed by atoms with Gasteiger partial charge in [0, 0.05) is 0 Å². The fourth-order valence-electron chi connectivity index (χ4n) is 3.53. The lowest BCUT2D eigenvalue weighted by Gasteiger charge is -2.29. The number of nitrogens with zero attached hydrogens (tertiary/aromatic N) is 1. The van der Waals surface area contributed by atoms with Gasteiger partial charge in [0.1, 0.15) is 17.9 Å². The van der Waals surface area contributed by atoms with Gasteiger partial charge in [-0.25, -0.2) is 4.79 Å². The lowest BCUT2D eigenvalue weighted by atomic mass is 10.1. The van der Waals surface area contributed by atoms with E-state index in [1.807, 2.05) is 25.1 Å². The number of rotatable bonds is 7. The zero-order valence-corrected chi connectivity index (χ0v) is 20.5. The van der Waals surface area contributed by atoms with Crippen LogP contribution in [-0.4, -0.2) is 37.1 Å². The average Bonchev–Trinajstić information content (AvgIpc) is 3.34. The van der Waals surface area contributed by atoms with Gasteiger partial charge in [0.25, 0.3) is 11.8 Å². The molecule has 2 heterocycles. The van der Waals surface area contributed by atoms with Crippen molar-refractivity contribution in [2.75, 3.05) is 19.1 Å². The molecule has 36 heavy (non-hydrogen) atoms. The largest absolute Gasteiger partial charge is 0.493 e. The molecule has 0 unspecified atom stereocenters. The number of carbonyl (C=O) groups is 3. The van der Waals surface area contributed by atoms with Gasteiger partial charge in [-0.05, 0) is 72.7 Å². The molecule has 0 atom stereocenters. The zero-order valence-electron chi connectivity index (χ0n) is 19.7. The number of hydrogen-bond donors (Lipinski definition) is 1. The van der Waals surface area contributed by atoms with Gasteiger partial charge in [-0.1, -0.05) is 18.2 Å². The second-order valence-electron chi connectivity index (χ2n) is 7.75. The number of hydrogen-bond acceptors (Lipinski definition) is 8. The molecule has 1 saturated heterocycles. The molecule has 0 aliphatic carbocycles. The first-order valence-electron chi connectivity index (χ1n) is 10.8. The molecule has 1 aliphatic heterocycles. The number of furan rings is 1. The van der Waals surface area contributed by atoms with Crippen molar-refractivity contribution in [1.82, 2.24) is 5.32 Å². The molecule has 1 N–H and O–H groups in total. The summed E-state index contributed by atoms with van der Waals surface area (Å²) in [6.45, 7) is 1.94. The highest BCUT2D eigenvalue weighted by molar-refractivity contribution is 7.80. The van der Waals surface area contributed by atoms with Crippen LogP contribution in [0.2, 0.25) is 0 Å². The predicted octanol–water partition coefficient (Wildman–Crippen LogP) is 3.79. The van der Waals surface area contributed by atoms with Crippen molar-refractivity contribution in [2.45, 2.75) is 13.5 Å². The van der Waals surface area contributed by atoms with Crippen molar-refractivity contribution < 1.29 is 33.0 Å². The fraction of sp³-hybridized carbons (Fsp3) is 0.154. The van der Waals surface area contributed by atoms with Crippen molar-refractivity contribution in [3.8, 4) is 11.5 Å². The first kappa shape index (κ1) is 24.7. The van der Waals surface area contributed by atoms with Crippen LogP contribution in [0.1, 0.15) is 27.4 Å². The molecule has 0 spiro atoms. The van der Waals surface area contributed by atoms with Crippen molar-refractivity contribution in [1.29, 1.82) is 0 Å². The van der Waals surface area contributed by atoms with Crippen molar-refractivity contribution in [2.24, 2.45) is 0 Å². The number of benzene rings is 2. The number of nitrogens with one attached hydrogen (secondary N) is 1. The predicted molar refractivity (Wildman–Crippen MR) is 135 cm³/mol. The number of amides is 2. The first-order valence-corrected chi connectivity index (χ1v) is 11.2. The van der Waals surface area contributed by atoms with E-state index in [9.17, 15) is 14.4 Å². The maximum absolute atomic E-state index is 13.2. The maximum Gasteiger partial charge on any atom is 0.373 e. The highest BCUT2D eigenvalue weighted by Gasteiger charge is 2.34. The summed E-state index contributed by atoms with van der Waals surface area (Å²) in [5.41, 5.74) is 1.97. The molecular formula is C26H22N2O7S. The van der Waals surface area contributed by atoms with Crippen LogP contribution in [0, 0.1) is 6.92 Å². The average molecular weight is 507 g/mol. The SMILES string of the molecule is COC(=O)c1ccc(COc2ccc(C=C3C(=O)NC(=S)N(c4cccc(C)c4)C3=O)cc2OC)o1. The van der Waals surface area contributed by atoms with Crippen LogP contribution in [0.25, 0.3) is 6.08 Å². The number of aryl methyl sites for hydroxylation is 1. The summed E-state index contributed by atoms with van der Waals surface area (Å²) < 4.78 is 21.2. The Balaban J connectivity index is 1.56. The molecule has 9 nitrogen and oxygen atoms in total. The lowest BCUT2D eigenvalue weighted by molar-refractivity contribution is -0.122. The topological polar surface area (TPSA) is 107 Å². The van der Waals surface area contributed by atoms with Crippen LogP contribution in [-0.2, 0) is 20.9 Å². The molecule has 2 amide bonds. The molecule has 3 aromatic rings. The van der Waals surface area contributed by atoms with Crippen LogP contribution in [0.3, 0.4) is 0 Å². The maximum atomic E-state index is 13.2. The van der Waals surface area contributed by atoms with E-state index < -0.39 is 17.8 Å². The van der Waals surface area contributed by atoms with Crippen LogP contribution in [0.15, 0.2) is 64.6 Å². The highest BCUT2D eigenvalue weighted by atomic mass is 32.1. The molecule has 4 rings (SSSR count). The molecule has 1 aromatic heterocycles. The van der Waals surface area contributed by atoms with Crippen molar-refractivity contribution in [3.05, 3.63) is 82.8 Å². The summed E-state index contributed by atoms with van der Waals surface area (Å²) in [4.78, 5) is 38.7. The normalized spacial score (nSPS) is 14.6. The summed E-state index contributed by atoms with van der Waals surface area (Å²) in [6.07, 6.45) is 1.46. The third kappa shape index (κ3) is 5.13. The van der Waals surface area contributed by atoms with Gasteiger partial charge in [0.2, 0.25) is 5.76 Å². The fourth-order valence-corrected chi connectivity index (χ4v) is 3.81. The Morgan fingerprint density at radius 3 is 2.61 bits per heavy atom. The first-order chi connectivity index (χ1) is 17.3. The van der Waals surface area contributed by atoms with Gasteiger partial charge in [0.15, 0.2) is 16.6 Å². The van der Waals surface area contributed by atoms with Gasteiger partial charge in [-0.2, -0.15) is 0 Å². The number of esters is 1. The molecule has 0 radical (unpaired) electrons. The van der Waals surface area contributed by atoms with Gasteiger partial charge in [-0.3, -0.25) is 19.8 Å². The van der Waals surface area contributed by atoms with Crippen LogP contribution in [0.4, 0.5) is 5.69 Å². The van der Waals surface area contributed by atoms with E-state index in [1.54, 1.807) is 30.3 Å². The lowest BCUT2D eigenvalue weighted by Crippen LogP contribution is -2.54. The minimum absolute atomic E-state index is 0.0161. The number of thiocarbonyl (C=S) groups is 1. The smallest absolute Gasteiger partial charge is 0.373 e. The molecule has 10 heteroatoms. The molecule has 0 bridgehead atoms. The van der Waals surface area contributed by atoms with E-state index in [-0.39, 0.29) is 23.1 Å². The molecule has 2 aromatic carbocycles. The summed E-state index contributed by atoms with van der Waals surface area (Å²) in [7, 11) is 2.74. The summed E-state index contributed by atoms with van der Waals surface area (Å²) in [5, 5.41) is 2.59. The van der Waals surface area contributed by atoms with Crippen molar-refractivity contribution in [3.63, 3.8) is 0 Å². The van der Waals surface area contributed by atoms with Gasteiger partial charge < -0.3 is 18.6 Å². The van der Waals surface area contributed by atoms with Crippen LogP contribution in [0.5, 0.6) is 11.5 Å². The number of ether oxygens (including phenoxy) is 3. The Kier molecular flexibility index (Phi) is 7.16. The van der Waals surface area contributed by atoms with E-state index >= 15 is 0 Å². The minimum atomic E-state index is -0.590. The van der Waals surface area contributed by atoms with E-state index in [4.69, 9.17) is 26.1 Å². The van der Waals surface area contributed by atoms with E-state index in [2.05, 4.69) is 10.1 Å².